The number of nitrogens with zero attached hydrogens (tertiary/aromatic N) is 2. The van der Waals surface area contributed by atoms with E-state index in [9.17, 15) is 9.90 Å². The summed E-state index contributed by atoms with van der Waals surface area (Å²) in [6, 6.07) is 9.95. The van der Waals surface area contributed by atoms with Crippen LogP contribution < -0.4 is 10.2 Å². The zero-order valence-corrected chi connectivity index (χ0v) is 12.5. The third-order valence-corrected chi connectivity index (χ3v) is 4.54. The van der Waals surface area contributed by atoms with E-state index in [2.05, 4.69) is 16.3 Å². The number of amides is 1. The molecule has 22 heavy (non-hydrogen) atoms. The van der Waals surface area contributed by atoms with Crippen molar-refractivity contribution in [1.29, 1.82) is 5.26 Å². The molecule has 5 heteroatoms. The normalized spacial score (nSPS) is 20.3. The average Bonchev–Trinajstić information content (AvgIpc) is 3.38. The molecule has 1 aliphatic heterocycles. The Kier molecular flexibility index (Phi) is 4.30. The first-order valence-corrected chi connectivity index (χ1v) is 7.91. The lowest BCUT2D eigenvalue weighted by molar-refractivity contribution is -0.132. The summed E-state index contributed by atoms with van der Waals surface area (Å²) in [6.07, 6.45) is 2.80. The summed E-state index contributed by atoms with van der Waals surface area (Å²) in [6.45, 7) is 1.65. The van der Waals surface area contributed by atoms with Gasteiger partial charge in [0.15, 0.2) is 0 Å². The minimum absolute atomic E-state index is 0.0355. The second-order valence-electron chi connectivity index (χ2n) is 6.21. The van der Waals surface area contributed by atoms with Gasteiger partial charge in [-0.15, -0.1) is 0 Å². The van der Waals surface area contributed by atoms with E-state index >= 15 is 0 Å². The maximum absolute atomic E-state index is 11.9. The Morgan fingerprint density at radius 1 is 1.23 bits per heavy atom. The van der Waals surface area contributed by atoms with Gasteiger partial charge in [0, 0.05) is 24.8 Å². The predicted octanol–water partition coefficient (Wildman–Crippen LogP) is 1.41. The van der Waals surface area contributed by atoms with Crippen LogP contribution in [0.15, 0.2) is 24.3 Å². The number of piperidine rings is 1. The van der Waals surface area contributed by atoms with Crippen molar-refractivity contribution >= 4 is 11.6 Å². The highest BCUT2D eigenvalue weighted by Gasteiger charge is 2.32. The number of nitrogens with one attached hydrogen (secondary N) is 1. The van der Waals surface area contributed by atoms with Crippen molar-refractivity contribution in [2.24, 2.45) is 5.92 Å². The first-order valence-electron chi connectivity index (χ1n) is 7.91. The Bertz CT molecular complexity index is 567. The number of nitriles is 1. The van der Waals surface area contributed by atoms with Crippen molar-refractivity contribution < 1.29 is 9.90 Å². The molecule has 1 amide bonds. The molecule has 0 bridgehead atoms. The zero-order valence-electron chi connectivity index (χ0n) is 12.5. The van der Waals surface area contributed by atoms with Crippen LogP contribution in [0.5, 0.6) is 0 Å². The van der Waals surface area contributed by atoms with Gasteiger partial charge >= 0.3 is 0 Å². The number of anilines is 1. The maximum atomic E-state index is 11.9. The Labute approximate surface area is 130 Å². The molecule has 1 aromatic rings. The Hall–Kier alpha value is -2.06. The Balaban J connectivity index is 1.52. The molecule has 1 aromatic carbocycles. The van der Waals surface area contributed by atoms with E-state index in [1.165, 1.54) is 0 Å². The molecule has 1 heterocycles. The number of benzene rings is 1. The lowest BCUT2D eigenvalue weighted by Gasteiger charge is -2.35. The highest BCUT2D eigenvalue weighted by Crippen LogP contribution is 2.26. The molecule has 1 saturated heterocycles. The van der Waals surface area contributed by atoms with Gasteiger partial charge in [-0.25, -0.2) is 0 Å². The van der Waals surface area contributed by atoms with E-state index in [0.717, 1.165) is 44.5 Å². The van der Waals surface area contributed by atoms with Crippen LogP contribution in [0.3, 0.4) is 0 Å². The molecule has 2 N–H and O–H groups in total. The van der Waals surface area contributed by atoms with E-state index < -0.39 is 6.10 Å². The summed E-state index contributed by atoms with van der Waals surface area (Å²) >= 11 is 0. The van der Waals surface area contributed by atoms with Crippen molar-refractivity contribution in [3.63, 3.8) is 0 Å². The summed E-state index contributed by atoms with van der Waals surface area (Å²) in [4.78, 5) is 14.1. The van der Waals surface area contributed by atoms with Crippen LogP contribution in [0.25, 0.3) is 0 Å². The number of carbonyl (C=O) groups excluding carboxylic acids is 1. The Morgan fingerprint density at radius 3 is 2.41 bits per heavy atom. The quantitative estimate of drug-likeness (QED) is 0.881. The van der Waals surface area contributed by atoms with Gasteiger partial charge in [-0.3, -0.25) is 4.79 Å². The molecular formula is C17H21N3O2. The van der Waals surface area contributed by atoms with Crippen molar-refractivity contribution in [2.75, 3.05) is 18.0 Å². The number of aliphatic hydroxyl groups is 1. The molecule has 5 nitrogen and oxygen atoms in total. The summed E-state index contributed by atoms with van der Waals surface area (Å²) < 4.78 is 0. The van der Waals surface area contributed by atoms with Crippen LogP contribution in [0.2, 0.25) is 0 Å². The van der Waals surface area contributed by atoms with Gasteiger partial charge in [0.2, 0.25) is 5.91 Å². The molecule has 0 unspecified atom stereocenters. The monoisotopic (exact) mass is 299 g/mol. The van der Waals surface area contributed by atoms with Crippen molar-refractivity contribution in [3.05, 3.63) is 29.8 Å². The van der Waals surface area contributed by atoms with Crippen LogP contribution in [0.1, 0.15) is 31.2 Å². The molecular weight excluding hydrogens is 278 g/mol. The second kappa shape index (κ2) is 6.37. The molecule has 0 aromatic heterocycles. The van der Waals surface area contributed by atoms with Crippen LogP contribution in [0, 0.1) is 17.2 Å². The van der Waals surface area contributed by atoms with Gasteiger partial charge in [0.25, 0.3) is 0 Å². The molecule has 0 spiro atoms. The molecule has 0 radical (unpaired) electrons. The van der Waals surface area contributed by atoms with E-state index in [1.807, 2.05) is 24.3 Å². The molecule has 116 valence electrons. The molecule has 1 atom stereocenters. The third kappa shape index (κ3) is 3.40. The fraction of sp³-hybridized carbons (Fsp3) is 0.529. The molecule has 2 fully saturated rings. The van der Waals surface area contributed by atoms with Gasteiger partial charge in [-0.2, -0.15) is 5.26 Å². The highest BCUT2D eigenvalue weighted by molar-refractivity contribution is 5.81. The van der Waals surface area contributed by atoms with Crippen molar-refractivity contribution in [1.82, 2.24) is 5.32 Å². The summed E-state index contributed by atoms with van der Waals surface area (Å²) in [5, 5.41) is 21.9. The fourth-order valence-corrected chi connectivity index (χ4v) is 2.95. The maximum Gasteiger partial charge on any atom is 0.249 e. The average molecular weight is 299 g/mol. The second-order valence-corrected chi connectivity index (χ2v) is 6.21. The smallest absolute Gasteiger partial charge is 0.249 e. The van der Waals surface area contributed by atoms with Gasteiger partial charge in [-0.05, 0) is 55.9 Å². The van der Waals surface area contributed by atoms with Gasteiger partial charge in [0.05, 0.1) is 11.6 Å². The van der Waals surface area contributed by atoms with Crippen LogP contribution >= 0.6 is 0 Å². The lowest BCUT2D eigenvalue weighted by Crippen LogP contribution is -2.45. The van der Waals surface area contributed by atoms with E-state index in [4.69, 9.17) is 5.26 Å². The number of hydrogen-bond donors (Lipinski definition) is 2. The highest BCUT2D eigenvalue weighted by atomic mass is 16.3. The van der Waals surface area contributed by atoms with Crippen LogP contribution in [-0.4, -0.2) is 36.2 Å². The van der Waals surface area contributed by atoms with E-state index in [-0.39, 0.29) is 11.8 Å². The fourth-order valence-electron chi connectivity index (χ4n) is 2.95. The SMILES string of the molecule is N#Cc1ccc(N2CCC([C@H](O)C(=O)NC3CC3)CC2)cc1. The summed E-state index contributed by atoms with van der Waals surface area (Å²) in [5.41, 5.74) is 1.75. The first kappa shape index (κ1) is 14.9. The minimum atomic E-state index is -0.885. The van der Waals surface area contributed by atoms with E-state index in [0.29, 0.717) is 11.6 Å². The summed E-state index contributed by atoms with van der Waals surface area (Å²) in [5.74, 6) is -0.173. The van der Waals surface area contributed by atoms with Crippen LogP contribution in [0.4, 0.5) is 5.69 Å². The third-order valence-electron chi connectivity index (χ3n) is 4.54. The first-order chi connectivity index (χ1) is 10.7. The van der Waals surface area contributed by atoms with Crippen LogP contribution in [-0.2, 0) is 4.79 Å². The molecule has 1 aliphatic carbocycles. The van der Waals surface area contributed by atoms with Crippen molar-refractivity contribution in [2.45, 2.75) is 37.8 Å². The predicted molar refractivity (Wildman–Crippen MR) is 83.3 cm³/mol. The number of aliphatic hydroxyl groups excluding tert-OH is 1. The summed E-state index contributed by atoms with van der Waals surface area (Å²) in [7, 11) is 0. The standard InChI is InChI=1S/C17H21N3O2/c18-11-12-1-5-15(6-2-12)20-9-7-13(8-10-20)16(21)17(22)19-14-3-4-14/h1-2,5-6,13-14,16,21H,3-4,7-10H2,(H,19,22)/t16-/m0/s1. The topological polar surface area (TPSA) is 76.4 Å². The van der Waals surface area contributed by atoms with Gasteiger partial charge in [0.1, 0.15) is 6.10 Å². The zero-order chi connectivity index (χ0) is 15.5. The number of hydrogen-bond acceptors (Lipinski definition) is 4. The van der Waals surface area contributed by atoms with E-state index in [1.54, 1.807) is 0 Å². The number of carbonyl (C=O) groups is 1. The lowest BCUT2D eigenvalue weighted by atomic mass is 9.90. The minimum Gasteiger partial charge on any atom is -0.383 e. The van der Waals surface area contributed by atoms with Crippen molar-refractivity contribution in [3.8, 4) is 6.07 Å². The molecule has 1 saturated carbocycles. The number of rotatable bonds is 4. The largest absolute Gasteiger partial charge is 0.383 e. The molecule has 2 aliphatic rings. The van der Waals surface area contributed by atoms with Gasteiger partial charge < -0.3 is 15.3 Å². The van der Waals surface area contributed by atoms with Gasteiger partial charge in [-0.1, -0.05) is 0 Å². The molecule has 3 rings (SSSR count). The Morgan fingerprint density at radius 2 is 1.86 bits per heavy atom.